The summed E-state index contributed by atoms with van der Waals surface area (Å²) in [7, 11) is 1.73. The Morgan fingerprint density at radius 2 is 2.05 bits per heavy atom. The molecular formula is C14H24N4O2. The molecule has 1 amide bonds. The zero-order valence-electron chi connectivity index (χ0n) is 12.6. The van der Waals surface area contributed by atoms with Crippen LogP contribution < -0.4 is 5.73 Å². The Hall–Kier alpha value is -1.56. The Kier molecular flexibility index (Phi) is 4.65. The van der Waals surface area contributed by atoms with Gasteiger partial charge in [-0.3, -0.25) is 9.48 Å². The van der Waals surface area contributed by atoms with Crippen LogP contribution in [0.25, 0.3) is 0 Å². The third kappa shape index (κ3) is 3.12. The molecular weight excluding hydrogens is 256 g/mol. The number of nitrogens with two attached hydrogens (primary N) is 1. The smallest absolute Gasteiger partial charge is 0.244 e. The molecule has 0 radical (unpaired) electrons. The summed E-state index contributed by atoms with van der Waals surface area (Å²) < 4.78 is 6.88. The highest BCUT2D eigenvalue weighted by atomic mass is 16.5. The summed E-state index contributed by atoms with van der Waals surface area (Å²) in [6.45, 7) is 6.44. The number of nitrogens with zero attached hydrogens (tertiary/aromatic N) is 3. The number of anilines is 1. The average Bonchev–Trinajstić information content (AvgIpc) is 2.67. The highest BCUT2D eigenvalue weighted by Crippen LogP contribution is 2.19. The lowest BCUT2D eigenvalue weighted by Crippen LogP contribution is -2.41. The van der Waals surface area contributed by atoms with Crippen LogP contribution in [0.4, 0.5) is 5.69 Å². The monoisotopic (exact) mass is 280 g/mol. The van der Waals surface area contributed by atoms with Crippen LogP contribution in [0.5, 0.6) is 0 Å². The van der Waals surface area contributed by atoms with E-state index < -0.39 is 0 Å². The number of rotatable bonds is 4. The number of amides is 1. The maximum absolute atomic E-state index is 12.3. The van der Waals surface area contributed by atoms with Crippen LogP contribution in [0.15, 0.2) is 0 Å². The minimum Gasteiger partial charge on any atom is -0.396 e. The fourth-order valence-electron chi connectivity index (χ4n) is 2.68. The molecule has 1 saturated heterocycles. The first-order chi connectivity index (χ1) is 9.52. The molecule has 1 aliphatic rings. The van der Waals surface area contributed by atoms with Crippen molar-refractivity contribution in [2.75, 3.05) is 32.5 Å². The lowest BCUT2D eigenvalue weighted by molar-refractivity contribution is -0.133. The van der Waals surface area contributed by atoms with Crippen molar-refractivity contribution in [2.24, 2.45) is 5.92 Å². The van der Waals surface area contributed by atoms with Gasteiger partial charge in [-0.1, -0.05) is 0 Å². The van der Waals surface area contributed by atoms with Gasteiger partial charge in [0.2, 0.25) is 5.91 Å². The van der Waals surface area contributed by atoms with Gasteiger partial charge in [0.15, 0.2) is 0 Å². The predicted octanol–water partition coefficient (Wildman–Crippen LogP) is 0.967. The summed E-state index contributed by atoms with van der Waals surface area (Å²) in [5.41, 5.74) is 8.22. The Morgan fingerprint density at radius 1 is 1.40 bits per heavy atom. The molecule has 1 fully saturated rings. The largest absolute Gasteiger partial charge is 0.396 e. The summed E-state index contributed by atoms with van der Waals surface area (Å²) in [6, 6.07) is 0. The van der Waals surface area contributed by atoms with E-state index in [1.54, 1.807) is 11.8 Å². The van der Waals surface area contributed by atoms with E-state index in [1.165, 1.54) is 0 Å². The van der Waals surface area contributed by atoms with E-state index in [-0.39, 0.29) is 12.5 Å². The Bertz CT molecular complexity index is 476. The molecule has 0 unspecified atom stereocenters. The molecule has 1 aliphatic heterocycles. The molecule has 0 saturated carbocycles. The fraction of sp³-hybridized carbons (Fsp3) is 0.714. The standard InChI is InChI=1S/C14H24N4O2/c1-10-14(15)11(2)18(16-10)8-13(19)17-6-4-12(5-7-17)9-20-3/h12H,4-9,15H2,1-3H3. The molecule has 20 heavy (non-hydrogen) atoms. The van der Waals surface area contributed by atoms with Crippen LogP contribution in [0.2, 0.25) is 0 Å². The van der Waals surface area contributed by atoms with E-state index in [1.807, 2.05) is 18.7 Å². The summed E-state index contributed by atoms with van der Waals surface area (Å²) >= 11 is 0. The number of methoxy groups -OCH3 is 1. The van der Waals surface area contributed by atoms with E-state index in [0.717, 1.165) is 43.9 Å². The quantitative estimate of drug-likeness (QED) is 0.892. The third-order valence-electron chi connectivity index (χ3n) is 4.09. The number of ether oxygens (including phenoxy) is 1. The van der Waals surface area contributed by atoms with Gasteiger partial charge in [-0.25, -0.2) is 0 Å². The van der Waals surface area contributed by atoms with Gasteiger partial charge >= 0.3 is 0 Å². The van der Waals surface area contributed by atoms with E-state index in [4.69, 9.17) is 10.5 Å². The van der Waals surface area contributed by atoms with Crippen molar-refractivity contribution in [3.05, 3.63) is 11.4 Å². The van der Waals surface area contributed by atoms with Crippen molar-refractivity contribution >= 4 is 11.6 Å². The second-order valence-corrected chi connectivity index (χ2v) is 5.52. The van der Waals surface area contributed by atoms with Crippen LogP contribution >= 0.6 is 0 Å². The number of aryl methyl sites for hydroxylation is 1. The molecule has 0 spiro atoms. The molecule has 112 valence electrons. The van der Waals surface area contributed by atoms with Crippen molar-refractivity contribution in [3.8, 4) is 0 Å². The molecule has 6 nitrogen and oxygen atoms in total. The number of carbonyl (C=O) groups excluding carboxylic acids is 1. The first-order valence-electron chi connectivity index (χ1n) is 7.09. The average molecular weight is 280 g/mol. The van der Waals surface area contributed by atoms with Gasteiger partial charge in [0.1, 0.15) is 6.54 Å². The van der Waals surface area contributed by atoms with Gasteiger partial charge in [-0.15, -0.1) is 0 Å². The van der Waals surface area contributed by atoms with E-state index in [0.29, 0.717) is 11.6 Å². The van der Waals surface area contributed by atoms with Gasteiger partial charge in [0.25, 0.3) is 0 Å². The van der Waals surface area contributed by atoms with Crippen LogP contribution in [-0.4, -0.2) is 47.4 Å². The summed E-state index contributed by atoms with van der Waals surface area (Å²) in [6.07, 6.45) is 2.03. The molecule has 0 atom stereocenters. The van der Waals surface area contributed by atoms with Crippen molar-refractivity contribution in [3.63, 3.8) is 0 Å². The number of nitrogen functional groups attached to an aromatic ring is 1. The molecule has 1 aromatic heterocycles. The summed E-state index contributed by atoms with van der Waals surface area (Å²) in [5.74, 6) is 0.694. The Balaban J connectivity index is 1.91. The molecule has 0 aliphatic carbocycles. The van der Waals surface area contributed by atoms with Crippen molar-refractivity contribution in [1.29, 1.82) is 0 Å². The number of carbonyl (C=O) groups is 1. The fourth-order valence-corrected chi connectivity index (χ4v) is 2.68. The number of hydrogen-bond acceptors (Lipinski definition) is 4. The first-order valence-corrected chi connectivity index (χ1v) is 7.09. The topological polar surface area (TPSA) is 73.4 Å². The lowest BCUT2D eigenvalue weighted by Gasteiger charge is -2.31. The number of piperidine rings is 1. The molecule has 2 heterocycles. The Morgan fingerprint density at radius 3 is 2.55 bits per heavy atom. The molecule has 2 N–H and O–H groups in total. The summed E-state index contributed by atoms with van der Waals surface area (Å²) in [4.78, 5) is 14.2. The molecule has 6 heteroatoms. The van der Waals surface area contributed by atoms with Crippen LogP contribution in [-0.2, 0) is 16.1 Å². The Labute approximate surface area is 119 Å². The number of likely N-dealkylation sites (tertiary alicyclic amines) is 1. The van der Waals surface area contributed by atoms with Crippen molar-refractivity contribution < 1.29 is 9.53 Å². The first kappa shape index (κ1) is 14.8. The number of hydrogen-bond donors (Lipinski definition) is 1. The minimum atomic E-state index is 0.117. The van der Waals surface area contributed by atoms with Crippen LogP contribution in [0, 0.1) is 19.8 Å². The minimum absolute atomic E-state index is 0.117. The van der Waals surface area contributed by atoms with E-state index >= 15 is 0 Å². The predicted molar refractivity (Wildman–Crippen MR) is 77.3 cm³/mol. The van der Waals surface area contributed by atoms with Crippen molar-refractivity contribution in [1.82, 2.24) is 14.7 Å². The maximum Gasteiger partial charge on any atom is 0.244 e. The van der Waals surface area contributed by atoms with Gasteiger partial charge in [-0.2, -0.15) is 5.10 Å². The molecule has 0 bridgehead atoms. The molecule has 2 rings (SSSR count). The van der Waals surface area contributed by atoms with E-state index in [9.17, 15) is 4.79 Å². The SMILES string of the molecule is COCC1CCN(C(=O)Cn2nc(C)c(N)c2C)CC1. The summed E-state index contributed by atoms with van der Waals surface area (Å²) in [5, 5.41) is 4.31. The third-order valence-corrected chi connectivity index (χ3v) is 4.09. The number of aromatic nitrogens is 2. The van der Waals surface area contributed by atoms with E-state index in [2.05, 4.69) is 5.10 Å². The van der Waals surface area contributed by atoms with Gasteiger partial charge in [-0.05, 0) is 32.6 Å². The molecule has 1 aromatic rings. The highest BCUT2D eigenvalue weighted by molar-refractivity contribution is 5.76. The van der Waals surface area contributed by atoms with Crippen LogP contribution in [0.1, 0.15) is 24.2 Å². The maximum atomic E-state index is 12.3. The van der Waals surface area contributed by atoms with Gasteiger partial charge in [0.05, 0.1) is 17.1 Å². The van der Waals surface area contributed by atoms with Gasteiger partial charge in [0, 0.05) is 26.8 Å². The second kappa shape index (κ2) is 6.26. The normalized spacial score (nSPS) is 16.6. The van der Waals surface area contributed by atoms with Gasteiger partial charge < -0.3 is 15.4 Å². The second-order valence-electron chi connectivity index (χ2n) is 5.52. The zero-order valence-corrected chi connectivity index (χ0v) is 12.6. The molecule has 0 aromatic carbocycles. The van der Waals surface area contributed by atoms with Crippen molar-refractivity contribution in [2.45, 2.75) is 33.2 Å². The van der Waals surface area contributed by atoms with Crippen LogP contribution in [0.3, 0.4) is 0 Å². The lowest BCUT2D eigenvalue weighted by atomic mass is 9.98. The highest BCUT2D eigenvalue weighted by Gasteiger charge is 2.23. The zero-order chi connectivity index (χ0) is 14.7.